The second kappa shape index (κ2) is 6.16. The van der Waals surface area contributed by atoms with E-state index in [9.17, 15) is 9.18 Å². The molecule has 0 spiro atoms. The largest absolute Gasteiger partial charge is 0.268 e. The molecule has 0 saturated heterocycles. The summed E-state index contributed by atoms with van der Waals surface area (Å²) in [5.41, 5.74) is 1.53. The van der Waals surface area contributed by atoms with E-state index in [1.807, 2.05) is 26.0 Å². The number of aryl methyl sites for hydroxylation is 1. The van der Waals surface area contributed by atoms with E-state index in [2.05, 4.69) is 4.98 Å². The zero-order valence-electron chi connectivity index (χ0n) is 13.2. The molecule has 0 saturated carbocycles. The van der Waals surface area contributed by atoms with Crippen LogP contribution in [-0.2, 0) is 0 Å². The lowest BCUT2D eigenvalue weighted by atomic mass is 10.2. The van der Waals surface area contributed by atoms with Crippen LogP contribution in [0.3, 0.4) is 0 Å². The molecular weight excluding hydrogens is 311 g/mol. The number of para-hydroxylation sites is 1. The van der Waals surface area contributed by atoms with Gasteiger partial charge >= 0.3 is 0 Å². The monoisotopic (exact) mass is 328 g/mol. The molecule has 1 heterocycles. The van der Waals surface area contributed by atoms with Crippen molar-refractivity contribution in [3.8, 4) is 5.69 Å². The third-order valence-electron chi connectivity index (χ3n) is 3.50. The van der Waals surface area contributed by atoms with Crippen molar-refractivity contribution in [2.24, 2.45) is 0 Å². The topological polar surface area (TPSA) is 34.9 Å². The number of halogens is 1. The van der Waals surface area contributed by atoms with Gasteiger partial charge < -0.3 is 0 Å². The molecule has 0 radical (unpaired) electrons. The molecule has 2 aromatic carbocycles. The van der Waals surface area contributed by atoms with Gasteiger partial charge in [0.15, 0.2) is 5.16 Å². The number of thioether (sulfide) groups is 1. The van der Waals surface area contributed by atoms with Gasteiger partial charge in [0.05, 0.1) is 16.6 Å². The molecule has 0 bridgehead atoms. The van der Waals surface area contributed by atoms with Crippen molar-refractivity contribution in [3.05, 3.63) is 64.2 Å². The van der Waals surface area contributed by atoms with Crippen molar-refractivity contribution in [1.82, 2.24) is 9.55 Å². The molecule has 3 aromatic rings. The summed E-state index contributed by atoms with van der Waals surface area (Å²) in [6, 6.07) is 12.0. The summed E-state index contributed by atoms with van der Waals surface area (Å²) in [5.74, 6) is -0.331. The van der Waals surface area contributed by atoms with Crippen molar-refractivity contribution < 1.29 is 4.39 Å². The fourth-order valence-electron chi connectivity index (χ4n) is 2.35. The van der Waals surface area contributed by atoms with E-state index in [4.69, 9.17) is 0 Å². The number of hydrogen-bond donors (Lipinski definition) is 0. The Morgan fingerprint density at radius 3 is 2.61 bits per heavy atom. The number of aromatic nitrogens is 2. The molecule has 5 heteroatoms. The second-order valence-corrected chi connectivity index (χ2v) is 7.20. The van der Waals surface area contributed by atoms with Gasteiger partial charge in [0.25, 0.3) is 5.56 Å². The van der Waals surface area contributed by atoms with E-state index in [1.165, 1.54) is 22.4 Å². The van der Waals surface area contributed by atoms with Gasteiger partial charge in [0.2, 0.25) is 0 Å². The Morgan fingerprint density at radius 1 is 1.17 bits per heavy atom. The Bertz CT molecular complexity index is 934. The molecular formula is C18H17FN2OS. The number of nitrogens with zero attached hydrogens (tertiary/aromatic N) is 2. The molecule has 23 heavy (non-hydrogen) atoms. The minimum Gasteiger partial charge on any atom is -0.268 e. The maximum Gasteiger partial charge on any atom is 0.266 e. The Hall–Kier alpha value is -2.14. The lowest BCUT2D eigenvalue weighted by Crippen LogP contribution is -2.22. The highest BCUT2D eigenvalue weighted by atomic mass is 32.2. The third-order valence-corrected chi connectivity index (χ3v) is 4.46. The first-order chi connectivity index (χ1) is 11.0. The highest BCUT2D eigenvalue weighted by molar-refractivity contribution is 7.99. The van der Waals surface area contributed by atoms with Crippen molar-refractivity contribution in [3.63, 3.8) is 0 Å². The molecule has 0 unspecified atom stereocenters. The first-order valence-electron chi connectivity index (χ1n) is 7.42. The number of fused-ring (bicyclic) bond motifs is 1. The molecule has 0 aliphatic rings. The zero-order chi connectivity index (χ0) is 16.6. The Balaban J connectivity index is 2.34. The van der Waals surface area contributed by atoms with E-state index < -0.39 is 0 Å². The molecule has 0 aliphatic heterocycles. The predicted molar refractivity (Wildman–Crippen MR) is 93.0 cm³/mol. The lowest BCUT2D eigenvalue weighted by Gasteiger charge is -2.15. The first-order valence-corrected chi connectivity index (χ1v) is 8.30. The summed E-state index contributed by atoms with van der Waals surface area (Å²) in [4.78, 5) is 17.5. The van der Waals surface area contributed by atoms with Crippen molar-refractivity contribution in [1.29, 1.82) is 0 Å². The summed E-state index contributed by atoms with van der Waals surface area (Å²) < 4.78 is 15.5. The van der Waals surface area contributed by atoms with Crippen LogP contribution in [0.5, 0.6) is 0 Å². The maximum atomic E-state index is 14.0. The Kier molecular flexibility index (Phi) is 4.22. The van der Waals surface area contributed by atoms with Crippen molar-refractivity contribution in [2.45, 2.75) is 31.2 Å². The zero-order valence-corrected chi connectivity index (χ0v) is 14.0. The SMILES string of the molecule is Cc1ccc(-n2c(SC(C)C)nc3ccccc3c2=O)cc1F. The summed E-state index contributed by atoms with van der Waals surface area (Å²) in [6.07, 6.45) is 0. The maximum absolute atomic E-state index is 14.0. The van der Waals surface area contributed by atoms with E-state index in [-0.39, 0.29) is 16.6 Å². The molecule has 3 rings (SSSR count). The fraction of sp³-hybridized carbons (Fsp3) is 0.222. The van der Waals surface area contributed by atoms with Crippen LogP contribution in [0.2, 0.25) is 0 Å². The van der Waals surface area contributed by atoms with Gasteiger partial charge in [-0.05, 0) is 36.8 Å². The highest BCUT2D eigenvalue weighted by Gasteiger charge is 2.15. The normalized spacial score (nSPS) is 11.3. The number of hydrogen-bond acceptors (Lipinski definition) is 3. The summed E-state index contributed by atoms with van der Waals surface area (Å²) in [5, 5.41) is 1.36. The highest BCUT2D eigenvalue weighted by Crippen LogP contribution is 2.25. The lowest BCUT2D eigenvalue weighted by molar-refractivity contribution is 0.615. The second-order valence-electron chi connectivity index (χ2n) is 5.65. The van der Waals surface area contributed by atoms with Gasteiger partial charge in [0, 0.05) is 5.25 Å². The molecule has 0 fully saturated rings. The quantitative estimate of drug-likeness (QED) is 0.530. The Labute approximate surface area is 138 Å². The van der Waals surface area contributed by atoms with Gasteiger partial charge in [-0.3, -0.25) is 9.36 Å². The van der Waals surface area contributed by atoms with Crippen LogP contribution in [-0.4, -0.2) is 14.8 Å². The Morgan fingerprint density at radius 2 is 1.91 bits per heavy atom. The van der Waals surface area contributed by atoms with Crippen LogP contribution in [0, 0.1) is 12.7 Å². The summed E-state index contributed by atoms with van der Waals surface area (Å²) in [7, 11) is 0. The van der Waals surface area contributed by atoms with Crippen LogP contribution in [0.4, 0.5) is 4.39 Å². The first kappa shape index (κ1) is 15.7. The van der Waals surface area contributed by atoms with Gasteiger partial charge in [-0.25, -0.2) is 9.37 Å². The van der Waals surface area contributed by atoms with Crippen LogP contribution >= 0.6 is 11.8 Å². The van der Waals surface area contributed by atoms with Crippen LogP contribution in [0.15, 0.2) is 52.4 Å². The predicted octanol–water partition coefficient (Wildman–Crippen LogP) is 4.33. The molecule has 118 valence electrons. The molecule has 0 amide bonds. The summed E-state index contributed by atoms with van der Waals surface area (Å²) >= 11 is 1.49. The molecule has 3 nitrogen and oxygen atoms in total. The van der Waals surface area contributed by atoms with Gasteiger partial charge in [0.1, 0.15) is 5.82 Å². The average Bonchev–Trinajstić information content (AvgIpc) is 2.50. The smallest absolute Gasteiger partial charge is 0.266 e. The van der Waals surface area contributed by atoms with Gasteiger partial charge in [-0.15, -0.1) is 0 Å². The third kappa shape index (κ3) is 3.01. The molecule has 0 N–H and O–H groups in total. The van der Waals surface area contributed by atoms with Crippen LogP contribution in [0.1, 0.15) is 19.4 Å². The molecule has 0 atom stereocenters. The van der Waals surface area contributed by atoms with E-state index in [1.54, 1.807) is 31.2 Å². The van der Waals surface area contributed by atoms with Crippen molar-refractivity contribution in [2.75, 3.05) is 0 Å². The standard InChI is InChI=1S/C18H17FN2OS/c1-11(2)23-18-20-16-7-5-4-6-14(16)17(22)21(18)13-9-8-12(3)15(19)10-13/h4-11H,1-3H3. The van der Waals surface area contributed by atoms with E-state index in [0.29, 0.717) is 27.3 Å². The average molecular weight is 328 g/mol. The minimum atomic E-state index is -0.331. The fourth-order valence-corrected chi connectivity index (χ4v) is 3.22. The number of rotatable bonds is 3. The molecule has 0 aliphatic carbocycles. The summed E-state index contributed by atoms with van der Waals surface area (Å²) in [6.45, 7) is 5.77. The van der Waals surface area contributed by atoms with Gasteiger partial charge in [-0.2, -0.15) is 0 Å². The van der Waals surface area contributed by atoms with Crippen LogP contribution < -0.4 is 5.56 Å². The molecule has 1 aromatic heterocycles. The minimum absolute atomic E-state index is 0.179. The van der Waals surface area contributed by atoms with E-state index in [0.717, 1.165) is 0 Å². The van der Waals surface area contributed by atoms with Crippen LogP contribution in [0.25, 0.3) is 16.6 Å². The van der Waals surface area contributed by atoms with E-state index >= 15 is 0 Å². The van der Waals surface area contributed by atoms with Crippen molar-refractivity contribution >= 4 is 22.7 Å². The van der Waals surface area contributed by atoms with Gasteiger partial charge in [-0.1, -0.05) is 43.8 Å². The number of benzene rings is 2.